The van der Waals surface area contributed by atoms with Crippen molar-refractivity contribution in [2.24, 2.45) is 0 Å². The molecule has 0 fully saturated rings. The first kappa shape index (κ1) is 8.66. The average Bonchev–Trinajstić information content (AvgIpc) is 1.84. The average molecular weight is 154 g/mol. The molecule has 0 N–H and O–H groups in total. The molecule has 0 bridgehead atoms. The van der Waals surface area contributed by atoms with Crippen molar-refractivity contribution < 1.29 is 18.0 Å². The normalized spacial score (nSPS) is 17.7. The Morgan fingerprint density at radius 2 is 2.22 bits per heavy atom. The van der Waals surface area contributed by atoms with Crippen molar-refractivity contribution in [1.29, 1.82) is 0 Å². The van der Waals surface area contributed by atoms with Crippen molar-refractivity contribution >= 4 is 7.60 Å². The molecule has 0 spiro atoms. The molecule has 1 atom stereocenters. The monoisotopic (exact) mass is 154 g/mol. The van der Waals surface area contributed by atoms with Crippen LogP contribution in [0.1, 0.15) is 0 Å². The van der Waals surface area contributed by atoms with Gasteiger partial charge < -0.3 is 9.05 Å². The van der Waals surface area contributed by atoms with Gasteiger partial charge in [0.25, 0.3) is 0 Å². The van der Waals surface area contributed by atoms with Crippen LogP contribution in [0.3, 0.4) is 0 Å². The summed E-state index contributed by atoms with van der Waals surface area (Å²) in [6.07, 6.45) is 0.833. The zero-order valence-electron chi connectivity index (χ0n) is 5.20. The summed E-state index contributed by atoms with van der Waals surface area (Å²) in [5.74, 6) is 0. The molecule has 1 unspecified atom stereocenters. The molecule has 0 aliphatic heterocycles. The van der Waals surface area contributed by atoms with E-state index in [0.717, 1.165) is 0 Å². The van der Waals surface area contributed by atoms with Gasteiger partial charge >= 0.3 is 7.60 Å². The fourth-order valence-electron chi connectivity index (χ4n) is 0.177. The Balaban J connectivity index is 3.73. The second-order valence-corrected chi connectivity index (χ2v) is 3.44. The first-order valence-corrected chi connectivity index (χ1v) is 4.18. The van der Waals surface area contributed by atoms with E-state index in [-0.39, 0.29) is 6.33 Å². The minimum Gasteiger partial charge on any atom is -0.430 e. The van der Waals surface area contributed by atoms with Crippen molar-refractivity contribution in [2.45, 2.75) is 0 Å². The third-order valence-electron chi connectivity index (χ3n) is 0.635. The molecule has 0 aromatic carbocycles. The van der Waals surface area contributed by atoms with Crippen molar-refractivity contribution in [1.82, 2.24) is 0 Å². The molecule has 0 amide bonds. The van der Waals surface area contributed by atoms with Gasteiger partial charge in [0.15, 0.2) is 0 Å². The maximum absolute atomic E-state index is 11.2. The summed E-state index contributed by atoms with van der Waals surface area (Å²) >= 11 is 0. The van der Waals surface area contributed by atoms with Crippen LogP contribution in [-0.4, -0.2) is 13.8 Å². The topological polar surface area (TPSA) is 35.5 Å². The van der Waals surface area contributed by atoms with E-state index in [2.05, 4.69) is 9.05 Å². The van der Waals surface area contributed by atoms with Crippen molar-refractivity contribution in [2.75, 3.05) is 13.8 Å². The molecule has 54 valence electrons. The molecule has 0 aromatic heterocycles. The minimum absolute atomic E-state index is 0.148. The molecular weight excluding hydrogens is 146 g/mol. The summed E-state index contributed by atoms with van der Waals surface area (Å²) < 4.78 is 30.5. The lowest BCUT2D eigenvalue weighted by atomic mass is 11.1. The van der Waals surface area contributed by atoms with Gasteiger partial charge in [-0.15, -0.1) is 0 Å². The molecule has 5 heteroatoms. The van der Waals surface area contributed by atoms with Crippen LogP contribution in [0, 0.1) is 0 Å². The van der Waals surface area contributed by atoms with Gasteiger partial charge in [0.2, 0.25) is 0 Å². The van der Waals surface area contributed by atoms with Gasteiger partial charge in [0.1, 0.15) is 12.6 Å². The maximum Gasteiger partial charge on any atom is 0.375 e. The van der Waals surface area contributed by atoms with Crippen LogP contribution in [0.25, 0.3) is 0 Å². The van der Waals surface area contributed by atoms with Crippen LogP contribution in [0.5, 0.6) is 0 Å². The van der Waals surface area contributed by atoms with E-state index >= 15 is 0 Å². The lowest BCUT2D eigenvalue weighted by Gasteiger charge is -2.06. The first-order valence-electron chi connectivity index (χ1n) is 2.19. The van der Waals surface area contributed by atoms with E-state index in [0.29, 0.717) is 6.26 Å². The molecule has 3 nitrogen and oxygen atoms in total. The smallest absolute Gasteiger partial charge is 0.375 e. The van der Waals surface area contributed by atoms with Crippen LogP contribution >= 0.6 is 7.60 Å². The van der Waals surface area contributed by atoms with E-state index in [1.165, 1.54) is 13.8 Å². The molecule has 0 aromatic rings. The summed E-state index contributed by atoms with van der Waals surface area (Å²) in [7, 11) is -1.79. The SMILES string of the molecule is COP(C)(=O)OC=CF. The second-order valence-electron chi connectivity index (χ2n) is 1.32. The van der Waals surface area contributed by atoms with Crippen molar-refractivity contribution in [3.63, 3.8) is 0 Å². The highest BCUT2D eigenvalue weighted by Gasteiger charge is 2.11. The highest BCUT2D eigenvalue weighted by Crippen LogP contribution is 2.42. The zero-order chi connectivity index (χ0) is 7.33. The number of hydrogen-bond acceptors (Lipinski definition) is 3. The molecule has 0 heterocycles. The van der Waals surface area contributed by atoms with Gasteiger partial charge in [-0.1, -0.05) is 0 Å². The van der Waals surface area contributed by atoms with Crippen LogP contribution in [-0.2, 0) is 13.6 Å². The summed E-state index contributed by atoms with van der Waals surface area (Å²) in [6.45, 7) is 1.24. The Bertz CT molecular complexity index is 145. The molecule has 0 saturated carbocycles. The van der Waals surface area contributed by atoms with E-state index in [4.69, 9.17) is 0 Å². The first-order chi connectivity index (χ1) is 4.12. The van der Waals surface area contributed by atoms with E-state index in [1.807, 2.05) is 0 Å². The molecule has 9 heavy (non-hydrogen) atoms. The Morgan fingerprint density at radius 1 is 1.67 bits per heavy atom. The molecule has 0 radical (unpaired) electrons. The Hall–Kier alpha value is -0.340. The summed E-state index contributed by atoms with van der Waals surface area (Å²) in [5.41, 5.74) is 0. The van der Waals surface area contributed by atoms with E-state index in [9.17, 15) is 8.96 Å². The lowest BCUT2D eigenvalue weighted by Crippen LogP contribution is -1.82. The van der Waals surface area contributed by atoms with Crippen LogP contribution in [0.2, 0.25) is 0 Å². The molecular formula is C4H8FO3P. The van der Waals surface area contributed by atoms with Gasteiger partial charge in [0, 0.05) is 13.8 Å². The van der Waals surface area contributed by atoms with Gasteiger partial charge in [-0.3, -0.25) is 0 Å². The van der Waals surface area contributed by atoms with Gasteiger partial charge in [0.05, 0.1) is 0 Å². The van der Waals surface area contributed by atoms with Gasteiger partial charge in [-0.25, -0.2) is 8.96 Å². The predicted octanol–water partition coefficient (Wildman–Crippen LogP) is 1.91. The number of hydrogen-bond donors (Lipinski definition) is 0. The third kappa shape index (κ3) is 4.18. The molecule has 0 aliphatic carbocycles. The molecule has 0 saturated heterocycles. The van der Waals surface area contributed by atoms with E-state index < -0.39 is 7.60 Å². The largest absolute Gasteiger partial charge is 0.430 e. The summed E-state index contributed by atoms with van der Waals surface area (Å²) in [4.78, 5) is 0. The minimum atomic E-state index is -3.02. The zero-order valence-corrected chi connectivity index (χ0v) is 6.10. The van der Waals surface area contributed by atoms with Crippen molar-refractivity contribution in [3.05, 3.63) is 12.6 Å². The lowest BCUT2D eigenvalue weighted by molar-refractivity contribution is 0.303. The van der Waals surface area contributed by atoms with Crippen molar-refractivity contribution in [3.8, 4) is 0 Å². The van der Waals surface area contributed by atoms with Gasteiger partial charge in [-0.2, -0.15) is 0 Å². The van der Waals surface area contributed by atoms with Crippen LogP contribution < -0.4 is 0 Å². The maximum atomic E-state index is 11.2. The molecule has 0 rings (SSSR count). The number of halogens is 1. The predicted molar refractivity (Wildman–Crippen MR) is 31.9 cm³/mol. The summed E-state index contributed by atoms with van der Waals surface area (Å²) in [5, 5.41) is 0. The highest BCUT2D eigenvalue weighted by molar-refractivity contribution is 7.53. The Labute approximate surface area is 53.0 Å². The number of rotatable bonds is 3. The summed E-state index contributed by atoms with van der Waals surface area (Å²) in [6, 6.07) is 0. The molecule has 0 aliphatic rings. The fraction of sp³-hybridized carbons (Fsp3) is 0.500. The van der Waals surface area contributed by atoms with Gasteiger partial charge in [-0.05, 0) is 0 Å². The van der Waals surface area contributed by atoms with E-state index in [1.54, 1.807) is 0 Å². The fourth-order valence-corrected chi connectivity index (χ4v) is 0.530. The standard InChI is InChI=1S/C4H8FO3P/c1-7-9(2,6)8-4-3-5/h3-4H,1-2H3. The highest BCUT2D eigenvalue weighted by atomic mass is 31.2. The van der Waals surface area contributed by atoms with Crippen LogP contribution in [0.15, 0.2) is 12.6 Å². The Kier molecular flexibility index (Phi) is 3.50. The second kappa shape index (κ2) is 3.64. The Morgan fingerprint density at radius 3 is 2.56 bits per heavy atom. The van der Waals surface area contributed by atoms with Crippen LogP contribution in [0.4, 0.5) is 4.39 Å². The third-order valence-corrected chi connectivity index (χ3v) is 1.80. The quantitative estimate of drug-likeness (QED) is 0.460.